The summed E-state index contributed by atoms with van der Waals surface area (Å²) in [7, 11) is 2.90. The molecule has 3 atom stereocenters. The number of Topliss-reactive ketones (excluding diaryl/α,β-unsaturated/α-hetero) is 1. The predicted molar refractivity (Wildman–Crippen MR) is 134 cm³/mol. The first kappa shape index (κ1) is 25.0. The van der Waals surface area contributed by atoms with Crippen molar-refractivity contribution in [3.8, 4) is 17.2 Å². The Morgan fingerprint density at radius 3 is 2.67 bits per heavy atom. The minimum atomic E-state index is -1.71. The molecule has 3 unspecified atom stereocenters. The highest BCUT2D eigenvalue weighted by molar-refractivity contribution is 7.98. The maximum Gasteiger partial charge on any atom is 0.249 e. The van der Waals surface area contributed by atoms with Crippen molar-refractivity contribution in [1.29, 1.82) is 0 Å². The summed E-state index contributed by atoms with van der Waals surface area (Å²) in [6.07, 6.45) is 6.79. The Hall–Kier alpha value is -2.72. The average Bonchev–Trinajstić information content (AvgIpc) is 3.51. The van der Waals surface area contributed by atoms with E-state index in [9.17, 15) is 9.59 Å². The monoisotopic (exact) mass is 533 g/mol. The third-order valence-corrected chi connectivity index (χ3v) is 7.98. The minimum Gasteiger partial charge on any atom is -0.496 e. The zero-order valence-electron chi connectivity index (χ0n) is 20.6. The zero-order valence-corrected chi connectivity index (χ0v) is 22.1. The second-order valence-corrected chi connectivity index (χ2v) is 10.7. The van der Waals surface area contributed by atoms with Gasteiger partial charge in [0.05, 0.1) is 14.2 Å². The van der Waals surface area contributed by atoms with E-state index in [4.69, 9.17) is 30.3 Å². The van der Waals surface area contributed by atoms with Crippen LogP contribution in [-0.4, -0.2) is 53.5 Å². The number of benzene rings is 1. The van der Waals surface area contributed by atoms with Crippen LogP contribution in [0.25, 0.3) is 0 Å². The molecule has 36 heavy (non-hydrogen) atoms. The topological polar surface area (TPSA) is 113 Å². The lowest BCUT2D eigenvalue weighted by molar-refractivity contribution is -0.129. The highest BCUT2D eigenvalue weighted by atomic mass is 35.5. The van der Waals surface area contributed by atoms with E-state index in [-0.39, 0.29) is 28.1 Å². The SMILES string of the molecule is COc1cc(OC)c2c(c1Cl)OC1(C(=O)C=C(NC(CCSC)c3nc(C4CC4)no3)CC1C)C2=O. The highest BCUT2D eigenvalue weighted by Gasteiger charge is 2.60. The van der Waals surface area contributed by atoms with Crippen LogP contribution >= 0.6 is 23.4 Å². The Morgan fingerprint density at radius 1 is 1.28 bits per heavy atom. The predicted octanol–water partition coefficient (Wildman–Crippen LogP) is 4.51. The lowest BCUT2D eigenvalue weighted by Gasteiger charge is -2.35. The summed E-state index contributed by atoms with van der Waals surface area (Å²) in [6, 6.07) is 1.28. The fourth-order valence-electron chi connectivity index (χ4n) is 4.84. The van der Waals surface area contributed by atoms with Crippen molar-refractivity contribution in [2.45, 2.75) is 50.2 Å². The number of fused-ring (bicyclic) bond motifs is 1. The van der Waals surface area contributed by atoms with Crippen molar-refractivity contribution in [2.75, 3.05) is 26.2 Å². The molecule has 3 aliphatic rings. The summed E-state index contributed by atoms with van der Waals surface area (Å²) in [6.45, 7) is 1.82. The van der Waals surface area contributed by atoms with Crippen molar-refractivity contribution in [3.05, 3.63) is 40.1 Å². The molecule has 1 fully saturated rings. The van der Waals surface area contributed by atoms with Gasteiger partial charge in [0.2, 0.25) is 23.1 Å². The van der Waals surface area contributed by atoms with Gasteiger partial charge < -0.3 is 24.1 Å². The fourth-order valence-corrected chi connectivity index (χ4v) is 5.58. The smallest absolute Gasteiger partial charge is 0.249 e. The molecule has 1 aliphatic heterocycles. The van der Waals surface area contributed by atoms with Crippen LogP contribution in [0.3, 0.4) is 0 Å². The molecule has 1 spiro atoms. The fraction of sp³-hybridized carbons (Fsp3) is 0.520. The molecule has 0 saturated heterocycles. The van der Waals surface area contributed by atoms with Crippen LogP contribution in [0.2, 0.25) is 5.02 Å². The van der Waals surface area contributed by atoms with E-state index < -0.39 is 23.1 Å². The number of ketones is 2. The van der Waals surface area contributed by atoms with Crippen LogP contribution in [-0.2, 0) is 4.79 Å². The van der Waals surface area contributed by atoms with E-state index in [1.165, 1.54) is 26.4 Å². The van der Waals surface area contributed by atoms with Gasteiger partial charge in [-0.05, 0) is 37.7 Å². The molecule has 1 aromatic carbocycles. The van der Waals surface area contributed by atoms with Crippen molar-refractivity contribution < 1.29 is 28.3 Å². The van der Waals surface area contributed by atoms with Gasteiger partial charge in [-0.25, -0.2) is 0 Å². The molecular weight excluding hydrogens is 506 g/mol. The number of aromatic nitrogens is 2. The van der Waals surface area contributed by atoms with Gasteiger partial charge in [-0.3, -0.25) is 9.59 Å². The Balaban J connectivity index is 1.43. The van der Waals surface area contributed by atoms with Crippen LogP contribution in [0.4, 0.5) is 0 Å². The molecule has 2 aromatic rings. The van der Waals surface area contributed by atoms with Gasteiger partial charge in [0.25, 0.3) is 0 Å². The molecule has 9 nitrogen and oxygen atoms in total. The van der Waals surface area contributed by atoms with Crippen molar-refractivity contribution >= 4 is 34.9 Å². The van der Waals surface area contributed by atoms with E-state index in [1.54, 1.807) is 11.8 Å². The number of thioether (sulfide) groups is 1. The number of hydrogen-bond donors (Lipinski definition) is 1. The number of nitrogens with one attached hydrogen (secondary N) is 1. The quantitative estimate of drug-likeness (QED) is 0.462. The van der Waals surface area contributed by atoms with Gasteiger partial charge in [0.1, 0.15) is 28.1 Å². The number of rotatable bonds is 9. The first-order valence-electron chi connectivity index (χ1n) is 11.9. The van der Waals surface area contributed by atoms with Crippen LogP contribution in [0.15, 0.2) is 22.4 Å². The summed E-state index contributed by atoms with van der Waals surface area (Å²) < 4.78 is 22.4. The van der Waals surface area contributed by atoms with Gasteiger partial charge in [-0.15, -0.1) is 0 Å². The molecule has 192 valence electrons. The summed E-state index contributed by atoms with van der Waals surface area (Å²) in [5.41, 5.74) is -0.863. The lowest BCUT2D eigenvalue weighted by Crippen LogP contribution is -2.55. The molecule has 1 saturated carbocycles. The molecule has 5 rings (SSSR count). The van der Waals surface area contributed by atoms with Gasteiger partial charge in [0.15, 0.2) is 11.6 Å². The van der Waals surface area contributed by atoms with Crippen molar-refractivity contribution in [1.82, 2.24) is 15.5 Å². The van der Waals surface area contributed by atoms with Crippen LogP contribution in [0, 0.1) is 5.92 Å². The highest BCUT2D eigenvalue weighted by Crippen LogP contribution is 2.53. The third-order valence-electron chi connectivity index (χ3n) is 6.98. The Kier molecular flexibility index (Phi) is 6.67. The lowest BCUT2D eigenvalue weighted by atomic mass is 9.74. The normalized spacial score (nSPS) is 23.8. The van der Waals surface area contributed by atoms with E-state index in [1.807, 2.05) is 13.2 Å². The second kappa shape index (κ2) is 9.63. The van der Waals surface area contributed by atoms with Crippen LogP contribution in [0.5, 0.6) is 17.2 Å². The molecule has 0 radical (unpaired) electrons. The molecule has 0 bridgehead atoms. The number of methoxy groups -OCH3 is 2. The number of carbonyl (C=O) groups is 2. The largest absolute Gasteiger partial charge is 0.496 e. The van der Waals surface area contributed by atoms with E-state index >= 15 is 0 Å². The van der Waals surface area contributed by atoms with Crippen LogP contribution < -0.4 is 19.5 Å². The van der Waals surface area contributed by atoms with E-state index in [2.05, 4.69) is 15.5 Å². The number of allylic oxidation sites excluding steroid dienone is 1. The van der Waals surface area contributed by atoms with Crippen LogP contribution in [0.1, 0.15) is 66.6 Å². The number of hydrogen-bond acceptors (Lipinski definition) is 10. The summed E-state index contributed by atoms with van der Waals surface area (Å²) in [5.74, 6) is 1.78. The first-order chi connectivity index (χ1) is 17.3. The van der Waals surface area contributed by atoms with E-state index in [0.29, 0.717) is 29.7 Å². The molecule has 11 heteroatoms. The molecule has 2 aliphatic carbocycles. The average molecular weight is 534 g/mol. The maximum atomic E-state index is 13.7. The number of carbonyl (C=O) groups excluding carboxylic acids is 2. The second-order valence-electron chi connectivity index (χ2n) is 9.35. The Labute approximate surface area is 218 Å². The Bertz CT molecular complexity index is 1240. The molecular formula is C25H28ClN3O6S. The molecule has 0 amide bonds. The summed E-state index contributed by atoms with van der Waals surface area (Å²) >= 11 is 8.18. The maximum absolute atomic E-state index is 13.7. The molecule has 2 heterocycles. The van der Waals surface area contributed by atoms with Gasteiger partial charge >= 0.3 is 0 Å². The summed E-state index contributed by atoms with van der Waals surface area (Å²) in [4.78, 5) is 31.9. The minimum absolute atomic E-state index is 0.110. The summed E-state index contributed by atoms with van der Waals surface area (Å²) in [5, 5.41) is 7.70. The van der Waals surface area contributed by atoms with E-state index in [0.717, 1.165) is 30.8 Å². The molecule has 1 aromatic heterocycles. The van der Waals surface area contributed by atoms with Crippen molar-refractivity contribution in [3.63, 3.8) is 0 Å². The Morgan fingerprint density at radius 2 is 2.03 bits per heavy atom. The zero-order chi connectivity index (χ0) is 25.6. The number of ether oxygens (including phenoxy) is 3. The van der Waals surface area contributed by atoms with Gasteiger partial charge in [-0.2, -0.15) is 16.7 Å². The van der Waals surface area contributed by atoms with Crippen molar-refractivity contribution in [2.24, 2.45) is 5.92 Å². The van der Waals surface area contributed by atoms with Gasteiger partial charge in [-0.1, -0.05) is 23.7 Å². The number of halogens is 1. The number of nitrogens with zero attached hydrogens (tertiary/aromatic N) is 2. The third kappa shape index (κ3) is 4.04. The van der Waals surface area contributed by atoms with Gasteiger partial charge in [0, 0.05) is 29.7 Å². The first-order valence-corrected chi connectivity index (χ1v) is 13.6. The standard InChI is InChI=1S/C25H28ClN3O6S/c1-12-9-14(27-15(7-8-36-4)24-28-23(29-35-24)13-5-6-13)10-18(30)25(12)22(31)19-16(32-2)11-17(33-3)20(26)21(19)34-25/h10-13,15,27H,5-9H2,1-4H3. The molecule has 1 N–H and O–H groups in total.